The van der Waals surface area contributed by atoms with E-state index in [1.54, 1.807) is 24.3 Å². The third-order valence-corrected chi connectivity index (χ3v) is 5.85. The molecule has 2 unspecified atom stereocenters. The number of benzene rings is 2. The molecule has 0 saturated carbocycles. The van der Waals surface area contributed by atoms with Gasteiger partial charge in [0, 0.05) is 29.1 Å². The largest absolute Gasteiger partial charge is 0.345 e. The fraction of sp³-hybridized carbons (Fsp3) is 0.273. The highest BCUT2D eigenvalue weighted by Gasteiger charge is 2.39. The topological polar surface area (TPSA) is 95.6 Å². The summed E-state index contributed by atoms with van der Waals surface area (Å²) in [6.45, 7) is 2.07. The molecule has 0 aromatic heterocycles. The van der Waals surface area contributed by atoms with Gasteiger partial charge in [0.1, 0.15) is 6.04 Å². The maximum atomic E-state index is 12.8. The second-order valence-electron chi connectivity index (χ2n) is 7.49. The van der Waals surface area contributed by atoms with E-state index in [4.69, 9.17) is 11.6 Å². The van der Waals surface area contributed by atoms with Crippen LogP contribution in [0.1, 0.15) is 57.7 Å². The second-order valence-corrected chi connectivity index (χ2v) is 7.90. The molecule has 7 nitrogen and oxygen atoms in total. The smallest absolute Gasteiger partial charge is 0.255 e. The van der Waals surface area contributed by atoms with Crippen LogP contribution < -0.4 is 10.6 Å². The lowest BCUT2D eigenvalue weighted by molar-refractivity contribution is -0.136. The Kier molecular flexibility index (Phi) is 5.30. The van der Waals surface area contributed by atoms with Gasteiger partial charge in [0.05, 0.1) is 6.04 Å². The summed E-state index contributed by atoms with van der Waals surface area (Å²) in [5.41, 5.74) is 2.39. The lowest BCUT2D eigenvalue weighted by atomic mass is 10.0. The van der Waals surface area contributed by atoms with Gasteiger partial charge >= 0.3 is 0 Å². The van der Waals surface area contributed by atoms with E-state index in [2.05, 4.69) is 10.6 Å². The Labute approximate surface area is 178 Å². The summed E-state index contributed by atoms with van der Waals surface area (Å²) >= 11 is 6.20. The lowest BCUT2D eigenvalue weighted by Crippen LogP contribution is -2.52. The molecule has 30 heavy (non-hydrogen) atoms. The van der Waals surface area contributed by atoms with Gasteiger partial charge in [-0.05, 0) is 48.7 Å². The summed E-state index contributed by atoms with van der Waals surface area (Å²) < 4.78 is 0. The van der Waals surface area contributed by atoms with E-state index in [-0.39, 0.29) is 36.7 Å². The average Bonchev–Trinajstić information content (AvgIpc) is 3.04. The number of nitrogens with zero attached hydrogens (tertiary/aromatic N) is 1. The van der Waals surface area contributed by atoms with Crippen LogP contribution in [0, 0.1) is 0 Å². The number of hydrogen-bond donors (Lipinski definition) is 2. The number of carbonyl (C=O) groups is 4. The summed E-state index contributed by atoms with van der Waals surface area (Å²) in [4.78, 5) is 50.5. The Morgan fingerprint density at radius 1 is 1.20 bits per heavy atom. The molecule has 0 bridgehead atoms. The number of rotatable bonds is 4. The fourth-order valence-corrected chi connectivity index (χ4v) is 4.20. The van der Waals surface area contributed by atoms with E-state index in [0.29, 0.717) is 28.1 Å². The zero-order valence-electron chi connectivity index (χ0n) is 16.3. The molecule has 4 rings (SSSR count). The van der Waals surface area contributed by atoms with Crippen molar-refractivity contribution < 1.29 is 19.2 Å². The minimum atomic E-state index is -0.680. The maximum absolute atomic E-state index is 12.8. The molecule has 0 radical (unpaired) electrons. The van der Waals surface area contributed by atoms with Crippen molar-refractivity contribution in [3.05, 3.63) is 69.7 Å². The van der Waals surface area contributed by atoms with E-state index in [0.717, 1.165) is 5.56 Å². The zero-order valence-corrected chi connectivity index (χ0v) is 17.0. The van der Waals surface area contributed by atoms with Gasteiger partial charge in [0.15, 0.2) is 0 Å². The number of hydrogen-bond acceptors (Lipinski definition) is 4. The number of imide groups is 1. The van der Waals surface area contributed by atoms with Crippen LogP contribution in [0.15, 0.2) is 42.5 Å². The quantitative estimate of drug-likeness (QED) is 0.736. The number of fused-ring (bicyclic) bond motifs is 1. The Bertz CT molecular complexity index is 1070. The Balaban J connectivity index is 1.50. The lowest BCUT2D eigenvalue weighted by Gasteiger charge is -2.29. The SMILES string of the molecule is CC(NC(=O)c1ccc2c(c1)CN(C1CCC(=O)NC1=O)C2=O)c1ccccc1Cl. The molecule has 8 heteroatoms. The van der Waals surface area contributed by atoms with Gasteiger partial charge < -0.3 is 10.2 Å². The molecular weight excluding hydrogens is 406 g/mol. The molecule has 154 valence electrons. The molecule has 1 fully saturated rings. The van der Waals surface area contributed by atoms with Crippen LogP contribution >= 0.6 is 11.6 Å². The molecular formula is C22H20ClN3O4. The minimum absolute atomic E-state index is 0.199. The monoisotopic (exact) mass is 425 g/mol. The normalized spacial score (nSPS) is 19.3. The molecule has 4 amide bonds. The van der Waals surface area contributed by atoms with Crippen LogP contribution in [0.5, 0.6) is 0 Å². The number of nitrogens with one attached hydrogen (secondary N) is 2. The molecule has 2 heterocycles. The van der Waals surface area contributed by atoms with E-state index in [9.17, 15) is 19.2 Å². The van der Waals surface area contributed by atoms with Crippen LogP contribution in [-0.2, 0) is 16.1 Å². The summed E-state index contributed by atoms with van der Waals surface area (Å²) in [7, 11) is 0. The van der Waals surface area contributed by atoms with E-state index in [1.165, 1.54) is 4.90 Å². The standard InChI is InChI=1S/C22H20ClN3O4/c1-12(15-4-2-3-5-17(15)23)24-20(28)13-6-7-16-14(10-13)11-26(22(16)30)18-8-9-19(27)25-21(18)29/h2-7,10,12,18H,8-9,11H2,1H3,(H,24,28)(H,25,27,29). The van der Waals surface area contributed by atoms with Crippen LogP contribution in [0.2, 0.25) is 5.02 Å². The molecule has 1 saturated heterocycles. The minimum Gasteiger partial charge on any atom is -0.345 e. The highest BCUT2D eigenvalue weighted by Crippen LogP contribution is 2.28. The Hall–Kier alpha value is -3.19. The molecule has 2 aromatic rings. The highest BCUT2D eigenvalue weighted by molar-refractivity contribution is 6.31. The molecule has 2 N–H and O–H groups in total. The molecule has 0 aliphatic carbocycles. The predicted octanol–water partition coefficient (Wildman–Crippen LogP) is 2.59. The van der Waals surface area contributed by atoms with E-state index < -0.39 is 11.9 Å². The number of amides is 4. The fourth-order valence-electron chi connectivity index (χ4n) is 3.90. The second kappa shape index (κ2) is 7.91. The van der Waals surface area contributed by atoms with Gasteiger partial charge in [0.2, 0.25) is 11.8 Å². The van der Waals surface area contributed by atoms with Crippen LogP contribution in [-0.4, -0.2) is 34.6 Å². The molecule has 2 aromatic carbocycles. The van der Waals surface area contributed by atoms with Crippen molar-refractivity contribution in [2.45, 2.75) is 38.4 Å². The van der Waals surface area contributed by atoms with Gasteiger partial charge in [0.25, 0.3) is 11.8 Å². The van der Waals surface area contributed by atoms with Crippen molar-refractivity contribution in [1.29, 1.82) is 0 Å². The summed E-state index contributed by atoms with van der Waals surface area (Å²) in [5.74, 6) is -1.33. The van der Waals surface area contributed by atoms with Gasteiger partial charge in [-0.15, -0.1) is 0 Å². The summed E-state index contributed by atoms with van der Waals surface area (Å²) in [6, 6.07) is 11.2. The first kappa shape index (κ1) is 20.1. The number of piperidine rings is 1. The van der Waals surface area contributed by atoms with Gasteiger partial charge in [-0.3, -0.25) is 24.5 Å². The van der Waals surface area contributed by atoms with E-state index >= 15 is 0 Å². The van der Waals surface area contributed by atoms with E-state index in [1.807, 2.05) is 25.1 Å². The predicted molar refractivity (Wildman–Crippen MR) is 110 cm³/mol. The third-order valence-electron chi connectivity index (χ3n) is 5.51. The zero-order chi connectivity index (χ0) is 21.4. The first-order valence-corrected chi connectivity index (χ1v) is 10.1. The third kappa shape index (κ3) is 3.68. The highest BCUT2D eigenvalue weighted by atomic mass is 35.5. The first-order valence-electron chi connectivity index (χ1n) is 9.68. The van der Waals surface area contributed by atoms with Crippen LogP contribution in [0.4, 0.5) is 0 Å². The summed E-state index contributed by atoms with van der Waals surface area (Å²) in [5, 5.41) is 5.77. The van der Waals surface area contributed by atoms with Crippen molar-refractivity contribution in [2.24, 2.45) is 0 Å². The van der Waals surface area contributed by atoms with Crippen molar-refractivity contribution in [1.82, 2.24) is 15.5 Å². The van der Waals surface area contributed by atoms with Gasteiger partial charge in [-0.1, -0.05) is 29.8 Å². The van der Waals surface area contributed by atoms with Crippen LogP contribution in [0.3, 0.4) is 0 Å². The first-order chi connectivity index (χ1) is 14.3. The Morgan fingerprint density at radius 2 is 1.97 bits per heavy atom. The molecule has 0 spiro atoms. The average molecular weight is 426 g/mol. The molecule has 2 aliphatic rings. The molecule has 2 aliphatic heterocycles. The number of carbonyl (C=O) groups excluding carboxylic acids is 4. The van der Waals surface area contributed by atoms with Gasteiger partial charge in [-0.2, -0.15) is 0 Å². The van der Waals surface area contributed by atoms with Gasteiger partial charge in [-0.25, -0.2) is 0 Å². The Morgan fingerprint density at radius 3 is 2.70 bits per heavy atom. The van der Waals surface area contributed by atoms with Crippen molar-refractivity contribution in [3.8, 4) is 0 Å². The summed E-state index contributed by atoms with van der Waals surface area (Å²) in [6.07, 6.45) is 0.497. The van der Waals surface area contributed by atoms with Crippen molar-refractivity contribution >= 4 is 35.2 Å². The number of halogens is 1. The maximum Gasteiger partial charge on any atom is 0.255 e. The molecule has 2 atom stereocenters. The van der Waals surface area contributed by atoms with Crippen molar-refractivity contribution in [3.63, 3.8) is 0 Å². The van der Waals surface area contributed by atoms with Crippen molar-refractivity contribution in [2.75, 3.05) is 0 Å². The van der Waals surface area contributed by atoms with Crippen LogP contribution in [0.25, 0.3) is 0 Å².